The standard InChI is InChI=1S/C21H21N3O3/c1-24-20(26)16(14-27-21(24)9-6-18(25)7-10-21)8-11-22-17-12-15-4-2-3-5-19(15)23-13-17/h2-7,9-10,12-13,16,22H,8,11,14H2,1H3. The number of anilines is 1. The number of nitrogens with zero attached hydrogens (tertiary/aromatic N) is 2. The zero-order chi connectivity index (χ0) is 18.9. The molecule has 1 atom stereocenters. The second-order valence-electron chi connectivity index (χ2n) is 6.86. The number of allylic oxidation sites excluding steroid dienone is 2. The molecule has 1 aliphatic heterocycles. The summed E-state index contributed by atoms with van der Waals surface area (Å²) in [5.41, 5.74) is 0.953. The summed E-state index contributed by atoms with van der Waals surface area (Å²) in [5, 5.41) is 4.41. The molecule has 1 spiro atoms. The number of ketones is 1. The van der Waals surface area contributed by atoms with Crippen molar-refractivity contribution in [2.24, 2.45) is 5.92 Å². The van der Waals surface area contributed by atoms with E-state index in [1.165, 1.54) is 12.2 Å². The number of amides is 1. The number of likely N-dealkylation sites (N-methyl/N-ethyl adjacent to an activating group) is 1. The number of carbonyl (C=O) groups is 2. The molecule has 4 rings (SSSR count). The summed E-state index contributed by atoms with van der Waals surface area (Å²) < 4.78 is 5.95. The molecule has 0 saturated carbocycles. The Morgan fingerprint density at radius 2 is 2.04 bits per heavy atom. The van der Waals surface area contributed by atoms with Crippen LogP contribution in [0, 0.1) is 5.92 Å². The van der Waals surface area contributed by atoms with Gasteiger partial charge in [0.15, 0.2) is 11.5 Å². The molecule has 2 aliphatic rings. The summed E-state index contributed by atoms with van der Waals surface area (Å²) in [6, 6.07) is 10.0. The van der Waals surface area contributed by atoms with E-state index in [4.69, 9.17) is 4.74 Å². The molecule has 1 amide bonds. The molecule has 0 radical (unpaired) electrons. The zero-order valence-electron chi connectivity index (χ0n) is 15.1. The third-order valence-electron chi connectivity index (χ3n) is 5.10. The number of ether oxygens (including phenoxy) is 1. The van der Waals surface area contributed by atoms with Gasteiger partial charge in [-0.05, 0) is 42.9 Å². The number of para-hydroxylation sites is 1. The Balaban J connectivity index is 1.36. The van der Waals surface area contributed by atoms with Crippen LogP contribution >= 0.6 is 0 Å². The zero-order valence-corrected chi connectivity index (χ0v) is 15.1. The molecule has 6 heteroatoms. The Labute approximate surface area is 157 Å². The van der Waals surface area contributed by atoms with E-state index in [-0.39, 0.29) is 17.6 Å². The maximum Gasteiger partial charge on any atom is 0.230 e. The number of aromatic nitrogens is 1. The van der Waals surface area contributed by atoms with Crippen LogP contribution in [-0.4, -0.2) is 47.5 Å². The van der Waals surface area contributed by atoms with Gasteiger partial charge >= 0.3 is 0 Å². The second kappa shape index (κ2) is 6.96. The van der Waals surface area contributed by atoms with Crippen LogP contribution in [0.3, 0.4) is 0 Å². The number of rotatable bonds is 4. The van der Waals surface area contributed by atoms with Crippen LogP contribution < -0.4 is 5.32 Å². The van der Waals surface area contributed by atoms with Crippen LogP contribution in [0.1, 0.15) is 6.42 Å². The smallest absolute Gasteiger partial charge is 0.230 e. The van der Waals surface area contributed by atoms with Gasteiger partial charge in [0.2, 0.25) is 5.91 Å². The van der Waals surface area contributed by atoms with Crippen molar-refractivity contribution >= 4 is 28.3 Å². The van der Waals surface area contributed by atoms with E-state index in [1.54, 1.807) is 30.3 Å². The number of benzene rings is 1. The van der Waals surface area contributed by atoms with Crippen molar-refractivity contribution in [1.82, 2.24) is 9.88 Å². The molecule has 6 nitrogen and oxygen atoms in total. The molecule has 1 aromatic carbocycles. The Bertz CT molecular complexity index is 935. The molecular formula is C21H21N3O3. The van der Waals surface area contributed by atoms with Crippen LogP contribution in [0.15, 0.2) is 60.8 Å². The fourth-order valence-electron chi connectivity index (χ4n) is 3.45. The van der Waals surface area contributed by atoms with Gasteiger partial charge in [-0.2, -0.15) is 0 Å². The van der Waals surface area contributed by atoms with Gasteiger partial charge in [0.1, 0.15) is 0 Å². The first-order valence-electron chi connectivity index (χ1n) is 9.00. The molecule has 1 saturated heterocycles. The lowest BCUT2D eigenvalue weighted by Crippen LogP contribution is -2.57. The number of nitrogens with one attached hydrogen (secondary N) is 1. The third kappa shape index (κ3) is 3.36. The average Bonchev–Trinajstić information content (AvgIpc) is 2.70. The van der Waals surface area contributed by atoms with Gasteiger partial charge in [0, 0.05) is 19.0 Å². The minimum Gasteiger partial charge on any atom is -0.384 e. The highest BCUT2D eigenvalue weighted by Crippen LogP contribution is 2.31. The predicted octanol–water partition coefficient (Wildman–Crippen LogP) is 2.53. The maximum atomic E-state index is 12.8. The lowest BCUT2D eigenvalue weighted by atomic mass is 9.96. The molecule has 1 unspecified atom stereocenters. The minimum atomic E-state index is -0.933. The highest BCUT2D eigenvalue weighted by molar-refractivity contribution is 6.00. The fraction of sp³-hybridized carbons (Fsp3) is 0.286. The Hall–Kier alpha value is -2.99. The molecule has 2 aromatic rings. The monoisotopic (exact) mass is 363 g/mol. The van der Waals surface area contributed by atoms with E-state index in [0.717, 1.165) is 16.6 Å². The molecule has 1 aliphatic carbocycles. The summed E-state index contributed by atoms with van der Waals surface area (Å²) in [6.07, 6.45) is 8.62. The van der Waals surface area contributed by atoms with Gasteiger partial charge < -0.3 is 15.0 Å². The molecule has 27 heavy (non-hydrogen) atoms. The van der Waals surface area contributed by atoms with Crippen LogP contribution in [0.4, 0.5) is 5.69 Å². The van der Waals surface area contributed by atoms with Crippen molar-refractivity contribution in [3.63, 3.8) is 0 Å². The molecule has 2 heterocycles. The topological polar surface area (TPSA) is 71.5 Å². The number of pyridine rings is 1. The quantitative estimate of drug-likeness (QED) is 0.904. The van der Waals surface area contributed by atoms with E-state index in [2.05, 4.69) is 16.4 Å². The highest BCUT2D eigenvalue weighted by Gasteiger charge is 2.43. The Morgan fingerprint density at radius 3 is 2.85 bits per heavy atom. The predicted molar refractivity (Wildman–Crippen MR) is 103 cm³/mol. The second-order valence-corrected chi connectivity index (χ2v) is 6.86. The van der Waals surface area contributed by atoms with Crippen molar-refractivity contribution in [2.45, 2.75) is 12.1 Å². The molecule has 1 N–H and O–H groups in total. The third-order valence-corrected chi connectivity index (χ3v) is 5.10. The number of hydrogen-bond acceptors (Lipinski definition) is 5. The molecule has 1 fully saturated rings. The van der Waals surface area contributed by atoms with E-state index < -0.39 is 5.72 Å². The molecule has 0 bridgehead atoms. The van der Waals surface area contributed by atoms with E-state index in [1.807, 2.05) is 24.3 Å². The number of carbonyl (C=O) groups excluding carboxylic acids is 2. The largest absolute Gasteiger partial charge is 0.384 e. The normalized spacial score (nSPS) is 21.2. The summed E-state index contributed by atoms with van der Waals surface area (Å²) >= 11 is 0. The van der Waals surface area contributed by atoms with Crippen molar-refractivity contribution in [1.29, 1.82) is 0 Å². The first kappa shape index (κ1) is 17.4. The van der Waals surface area contributed by atoms with Crippen LogP contribution in [-0.2, 0) is 14.3 Å². The van der Waals surface area contributed by atoms with Crippen LogP contribution in [0.5, 0.6) is 0 Å². The van der Waals surface area contributed by atoms with Gasteiger partial charge in [0.25, 0.3) is 0 Å². The van der Waals surface area contributed by atoms with Gasteiger partial charge in [-0.25, -0.2) is 0 Å². The van der Waals surface area contributed by atoms with Crippen molar-refractivity contribution in [3.8, 4) is 0 Å². The van der Waals surface area contributed by atoms with Crippen LogP contribution in [0.25, 0.3) is 10.9 Å². The number of hydrogen-bond donors (Lipinski definition) is 1. The molecule has 1 aromatic heterocycles. The average molecular weight is 363 g/mol. The lowest BCUT2D eigenvalue weighted by Gasteiger charge is -2.44. The molecular weight excluding hydrogens is 342 g/mol. The SMILES string of the molecule is CN1C(=O)C(CCNc2cnc3ccccc3c2)COC12C=CC(=O)C=C2. The van der Waals surface area contributed by atoms with Crippen LogP contribution in [0.2, 0.25) is 0 Å². The first-order valence-corrected chi connectivity index (χ1v) is 9.00. The lowest BCUT2D eigenvalue weighted by molar-refractivity contribution is -0.175. The Kier molecular flexibility index (Phi) is 4.49. The fourth-order valence-corrected chi connectivity index (χ4v) is 3.45. The maximum absolute atomic E-state index is 12.8. The van der Waals surface area contributed by atoms with Gasteiger partial charge in [0.05, 0.1) is 29.9 Å². The summed E-state index contributed by atoms with van der Waals surface area (Å²) in [5.74, 6) is -0.301. The number of fused-ring (bicyclic) bond motifs is 1. The van der Waals surface area contributed by atoms with Crippen molar-refractivity contribution in [2.75, 3.05) is 25.5 Å². The van der Waals surface area contributed by atoms with E-state index in [0.29, 0.717) is 19.6 Å². The van der Waals surface area contributed by atoms with Crippen molar-refractivity contribution in [3.05, 3.63) is 60.8 Å². The first-order chi connectivity index (χ1) is 13.1. The van der Waals surface area contributed by atoms with E-state index >= 15 is 0 Å². The molecule has 138 valence electrons. The Morgan fingerprint density at radius 1 is 1.26 bits per heavy atom. The summed E-state index contributed by atoms with van der Waals surface area (Å²) in [7, 11) is 1.71. The van der Waals surface area contributed by atoms with Gasteiger partial charge in [-0.15, -0.1) is 0 Å². The highest BCUT2D eigenvalue weighted by atomic mass is 16.5. The van der Waals surface area contributed by atoms with Gasteiger partial charge in [-0.3, -0.25) is 14.6 Å². The van der Waals surface area contributed by atoms with E-state index in [9.17, 15) is 9.59 Å². The van der Waals surface area contributed by atoms with Gasteiger partial charge in [-0.1, -0.05) is 18.2 Å². The minimum absolute atomic E-state index is 0.0170. The summed E-state index contributed by atoms with van der Waals surface area (Å²) in [4.78, 5) is 30.1. The summed E-state index contributed by atoms with van der Waals surface area (Å²) in [6.45, 7) is 0.967. The van der Waals surface area contributed by atoms with Crippen molar-refractivity contribution < 1.29 is 14.3 Å².